The molecule has 0 aliphatic carbocycles. The summed E-state index contributed by atoms with van der Waals surface area (Å²) in [7, 11) is 0. The van der Waals surface area contributed by atoms with Gasteiger partial charge in [-0.05, 0) is 26.9 Å². The van der Waals surface area contributed by atoms with Crippen molar-refractivity contribution in [1.29, 1.82) is 0 Å². The number of likely N-dealkylation sites (N-methyl/N-ethyl adjacent to an activating group) is 1. The molecule has 0 fully saturated rings. The number of nitrogens with zero attached hydrogens (tertiary/aromatic N) is 1. The van der Waals surface area contributed by atoms with Crippen LogP contribution in [0.3, 0.4) is 0 Å². The Morgan fingerprint density at radius 2 is 1.70 bits per heavy atom. The molecule has 0 N–H and O–H groups in total. The molecule has 0 heterocycles. The van der Waals surface area contributed by atoms with Gasteiger partial charge < -0.3 is 4.90 Å². The zero-order valence-electron chi connectivity index (χ0n) is 7.65. The monoisotopic (exact) mass is 141 g/mol. The Morgan fingerprint density at radius 3 is 2.00 bits per heavy atom. The van der Waals surface area contributed by atoms with Crippen molar-refractivity contribution in [2.75, 3.05) is 19.6 Å². The molecule has 0 aromatic heterocycles. The van der Waals surface area contributed by atoms with E-state index in [4.69, 9.17) is 0 Å². The molecule has 0 aromatic rings. The summed E-state index contributed by atoms with van der Waals surface area (Å²) in [5.74, 6) is 0. The summed E-state index contributed by atoms with van der Waals surface area (Å²) in [6.45, 7) is 12.1. The molecule has 0 radical (unpaired) electrons. The lowest BCUT2D eigenvalue weighted by Gasteiger charge is -2.15. The van der Waals surface area contributed by atoms with Gasteiger partial charge in [0.05, 0.1) is 0 Å². The standard InChI is InChI=1S/C9H19N/c1-5-10(6-2)8-7-9(3)4/h7H,5-6,8H2,1-4H3. The van der Waals surface area contributed by atoms with Gasteiger partial charge in [0.25, 0.3) is 0 Å². The number of hydrogen-bond acceptors (Lipinski definition) is 1. The molecule has 0 rings (SSSR count). The minimum absolute atomic E-state index is 1.11. The van der Waals surface area contributed by atoms with Crippen LogP contribution in [-0.2, 0) is 0 Å². The second-order valence-corrected chi connectivity index (χ2v) is 2.77. The predicted octanol–water partition coefficient (Wildman–Crippen LogP) is 2.29. The Labute approximate surface area is 64.7 Å². The minimum Gasteiger partial charge on any atom is -0.300 e. The lowest BCUT2D eigenvalue weighted by atomic mass is 10.3. The molecule has 0 bridgehead atoms. The zero-order chi connectivity index (χ0) is 7.98. The molecule has 0 amide bonds. The summed E-state index contributed by atoms with van der Waals surface area (Å²) in [4.78, 5) is 2.40. The maximum atomic E-state index is 2.40. The van der Waals surface area contributed by atoms with E-state index in [0.29, 0.717) is 0 Å². The first-order chi connectivity index (χ1) is 4.70. The molecular weight excluding hydrogens is 122 g/mol. The van der Waals surface area contributed by atoms with Gasteiger partial charge in [0.2, 0.25) is 0 Å². The first kappa shape index (κ1) is 9.70. The van der Waals surface area contributed by atoms with Gasteiger partial charge in [-0.2, -0.15) is 0 Å². The van der Waals surface area contributed by atoms with E-state index in [-0.39, 0.29) is 0 Å². The highest BCUT2D eigenvalue weighted by atomic mass is 15.1. The first-order valence-electron chi connectivity index (χ1n) is 4.06. The molecule has 1 nitrogen and oxygen atoms in total. The van der Waals surface area contributed by atoms with E-state index in [1.54, 1.807) is 0 Å². The van der Waals surface area contributed by atoms with Crippen LogP contribution in [0.1, 0.15) is 27.7 Å². The smallest absolute Gasteiger partial charge is 0.0165 e. The van der Waals surface area contributed by atoms with Crippen LogP contribution < -0.4 is 0 Å². The van der Waals surface area contributed by atoms with E-state index in [2.05, 4.69) is 38.7 Å². The van der Waals surface area contributed by atoms with E-state index in [0.717, 1.165) is 19.6 Å². The van der Waals surface area contributed by atoms with Crippen molar-refractivity contribution in [2.24, 2.45) is 0 Å². The SMILES string of the molecule is CCN(CC)CC=C(C)C. The molecule has 0 aliphatic heterocycles. The van der Waals surface area contributed by atoms with E-state index in [9.17, 15) is 0 Å². The second kappa shape index (κ2) is 5.48. The van der Waals surface area contributed by atoms with Crippen molar-refractivity contribution < 1.29 is 0 Å². The van der Waals surface area contributed by atoms with Crippen LogP contribution in [0.25, 0.3) is 0 Å². The van der Waals surface area contributed by atoms with Crippen molar-refractivity contribution >= 4 is 0 Å². The average molecular weight is 141 g/mol. The summed E-state index contributed by atoms with van der Waals surface area (Å²) in [6, 6.07) is 0. The largest absolute Gasteiger partial charge is 0.300 e. The summed E-state index contributed by atoms with van der Waals surface area (Å²) < 4.78 is 0. The van der Waals surface area contributed by atoms with Crippen molar-refractivity contribution in [1.82, 2.24) is 4.90 Å². The van der Waals surface area contributed by atoms with Gasteiger partial charge in [-0.1, -0.05) is 25.5 Å². The van der Waals surface area contributed by atoms with Crippen molar-refractivity contribution in [2.45, 2.75) is 27.7 Å². The molecule has 60 valence electrons. The van der Waals surface area contributed by atoms with E-state index in [1.165, 1.54) is 5.57 Å². The van der Waals surface area contributed by atoms with Gasteiger partial charge in [0, 0.05) is 6.54 Å². The van der Waals surface area contributed by atoms with E-state index >= 15 is 0 Å². The number of allylic oxidation sites excluding steroid dienone is 1. The second-order valence-electron chi connectivity index (χ2n) is 2.77. The zero-order valence-corrected chi connectivity index (χ0v) is 7.65. The van der Waals surface area contributed by atoms with Crippen molar-refractivity contribution in [3.8, 4) is 0 Å². The first-order valence-corrected chi connectivity index (χ1v) is 4.06. The van der Waals surface area contributed by atoms with Crippen LogP contribution in [0.4, 0.5) is 0 Å². The summed E-state index contributed by atoms with van der Waals surface area (Å²) in [6.07, 6.45) is 2.27. The Balaban J connectivity index is 3.54. The molecule has 0 atom stereocenters. The Kier molecular flexibility index (Phi) is 5.32. The third-order valence-electron chi connectivity index (χ3n) is 1.65. The topological polar surface area (TPSA) is 3.24 Å². The Morgan fingerprint density at radius 1 is 1.20 bits per heavy atom. The third kappa shape index (κ3) is 4.57. The van der Waals surface area contributed by atoms with Crippen LogP contribution in [0, 0.1) is 0 Å². The van der Waals surface area contributed by atoms with E-state index < -0.39 is 0 Å². The molecule has 0 aromatic carbocycles. The minimum atomic E-state index is 1.11. The molecule has 1 heteroatoms. The summed E-state index contributed by atoms with van der Waals surface area (Å²) in [5, 5.41) is 0. The van der Waals surface area contributed by atoms with Gasteiger partial charge >= 0.3 is 0 Å². The van der Waals surface area contributed by atoms with Gasteiger partial charge in [-0.15, -0.1) is 0 Å². The molecule has 0 spiro atoms. The average Bonchev–Trinajstić information content (AvgIpc) is 1.90. The Bertz CT molecular complexity index is 97.3. The molecular formula is C9H19N. The molecule has 0 saturated heterocycles. The van der Waals surface area contributed by atoms with Crippen molar-refractivity contribution in [3.05, 3.63) is 11.6 Å². The molecule has 0 saturated carbocycles. The van der Waals surface area contributed by atoms with Gasteiger partial charge in [0.1, 0.15) is 0 Å². The highest BCUT2D eigenvalue weighted by Gasteiger charge is 1.93. The molecule has 0 aliphatic rings. The lowest BCUT2D eigenvalue weighted by molar-refractivity contribution is 0.337. The van der Waals surface area contributed by atoms with Crippen molar-refractivity contribution in [3.63, 3.8) is 0 Å². The normalized spacial score (nSPS) is 10.1. The fourth-order valence-electron chi connectivity index (χ4n) is 0.793. The van der Waals surface area contributed by atoms with Gasteiger partial charge in [0.15, 0.2) is 0 Å². The maximum Gasteiger partial charge on any atom is 0.0165 e. The van der Waals surface area contributed by atoms with Crippen LogP contribution in [0.5, 0.6) is 0 Å². The van der Waals surface area contributed by atoms with Crippen LogP contribution in [-0.4, -0.2) is 24.5 Å². The fraction of sp³-hybridized carbons (Fsp3) is 0.778. The van der Waals surface area contributed by atoms with E-state index in [1.807, 2.05) is 0 Å². The maximum absolute atomic E-state index is 2.40. The van der Waals surface area contributed by atoms with Crippen LogP contribution >= 0.6 is 0 Å². The van der Waals surface area contributed by atoms with Gasteiger partial charge in [-0.25, -0.2) is 0 Å². The quantitative estimate of drug-likeness (QED) is 0.543. The van der Waals surface area contributed by atoms with Crippen LogP contribution in [0.2, 0.25) is 0 Å². The molecule has 10 heavy (non-hydrogen) atoms. The van der Waals surface area contributed by atoms with Crippen LogP contribution in [0.15, 0.2) is 11.6 Å². The van der Waals surface area contributed by atoms with Gasteiger partial charge in [-0.3, -0.25) is 0 Å². The Hall–Kier alpha value is -0.300. The highest BCUT2D eigenvalue weighted by Crippen LogP contribution is 1.92. The number of hydrogen-bond donors (Lipinski definition) is 0. The fourth-order valence-corrected chi connectivity index (χ4v) is 0.793. The number of rotatable bonds is 4. The highest BCUT2D eigenvalue weighted by molar-refractivity contribution is 4.94. The summed E-state index contributed by atoms with van der Waals surface area (Å²) in [5.41, 5.74) is 1.41. The summed E-state index contributed by atoms with van der Waals surface area (Å²) >= 11 is 0. The molecule has 0 unspecified atom stereocenters. The lowest BCUT2D eigenvalue weighted by Crippen LogP contribution is -2.22. The third-order valence-corrected chi connectivity index (χ3v) is 1.65. The predicted molar refractivity (Wildman–Crippen MR) is 47.2 cm³/mol.